The van der Waals surface area contributed by atoms with Gasteiger partial charge in [0.2, 0.25) is 0 Å². The summed E-state index contributed by atoms with van der Waals surface area (Å²) in [4.78, 5) is 27.9. The van der Waals surface area contributed by atoms with Crippen LogP contribution in [0.25, 0.3) is 0 Å². The third-order valence-electron chi connectivity index (χ3n) is 4.49. The number of carbonyl (C=O) groups excluding carboxylic acids is 1. The Morgan fingerprint density at radius 2 is 1.92 bits per heavy atom. The first-order valence-corrected chi connectivity index (χ1v) is 8.41. The van der Waals surface area contributed by atoms with Gasteiger partial charge in [-0.3, -0.25) is 9.59 Å². The predicted molar refractivity (Wildman–Crippen MR) is 98.3 cm³/mol. The molecule has 3 rings (SSSR count). The van der Waals surface area contributed by atoms with Gasteiger partial charge in [0, 0.05) is 50.5 Å². The van der Waals surface area contributed by atoms with E-state index in [1.54, 1.807) is 12.3 Å². The normalized spacial score (nSPS) is 15.0. The van der Waals surface area contributed by atoms with Crippen LogP contribution in [0.2, 0.25) is 0 Å². The van der Waals surface area contributed by atoms with Crippen molar-refractivity contribution in [3.63, 3.8) is 0 Å². The quantitative estimate of drug-likeness (QED) is 0.874. The second kappa shape index (κ2) is 7.38. The molecule has 1 aliphatic heterocycles. The van der Waals surface area contributed by atoms with Gasteiger partial charge in [0.05, 0.1) is 11.9 Å². The van der Waals surface area contributed by atoms with Gasteiger partial charge in [0.25, 0.3) is 11.5 Å². The first-order valence-electron chi connectivity index (χ1n) is 8.41. The highest BCUT2D eigenvalue weighted by atomic mass is 16.1. The molecule has 0 atom stereocenters. The van der Waals surface area contributed by atoms with Crippen LogP contribution < -0.4 is 20.7 Å². The van der Waals surface area contributed by atoms with Crippen LogP contribution in [-0.2, 0) is 0 Å². The average molecular weight is 341 g/mol. The summed E-state index contributed by atoms with van der Waals surface area (Å²) < 4.78 is 0. The minimum atomic E-state index is -0.200. The van der Waals surface area contributed by atoms with Gasteiger partial charge in [0.1, 0.15) is 0 Å². The zero-order chi connectivity index (χ0) is 17.8. The van der Waals surface area contributed by atoms with E-state index in [0.717, 1.165) is 37.3 Å². The molecule has 0 bridgehead atoms. The number of H-pyrrole nitrogens is 1. The lowest BCUT2D eigenvalue weighted by molar-refractivity contribution is 0.0931. The molecule has 1 saturated heterocycles. The van der Waals surface area contributed by atoms with Crippen LogP contribution in [0.15, 0.2) is 41.3 Å². The second-order valence-electron chi connectivity index (χ2n) is 6.48. The summed E-state index contributed by atoms with van der Waals surface area (Å²) in [7, 11) is 3.94. The maximum absolute atomic E-state index is 12.4. The zero-order valence-electron chi connectivity index (χ0n) is 14.5. The molecular formula is C18H23N5O2. The number of nitrogens with zero attached hydrogens (tertiary/aromatic N) is 3. The van der Waals surface area contributed by atoms with Crippen molar-refractivity contribution in [2.24, 2.45) is 0 Å². The number of nitrogens with one attached hydrogen (secondary N) is 2. The van der Waals surface area contributed by atoms with Crippen LogP contribution >= 0.6 is 0 Å². The molecule has 0 spiro atoms. The summed E-state index contributed by atoms with van der Waals surface area (Å²) in [6, 6.07) is 9.28. The van der Waals surface area contributed by atoms with Gasteiger partial charge in [-0.25, -0.2) is 5.10 Å². The maximum Gasteiger partial charge on any atom is 0.266 e. The van der Waals surface area contributed by atoms with E-state index in [-0.39, 0.29) is 17.5 Å². The highest BCUT2D eigenvalue weighted by Gasteiger charge is 2.21. The molecule has 2 aromatic rings. The van der Waals surface area contributed by atoms with Crippen LogP contribution in [0.1, 0.15) is 23.2 Å². The Balaban J connectivity index is 1.55. The summed E-state index contributed by atoms with van der Waals surface area (Å²) in [5, 5.41) is 9.32. The number of hydrogen-bond acceptors (Lipinski definition) is 5. The molecule has 2 heterocycles. The summed E-state index contributed by atoms with van der Waals surface area (Å²) in [6.45, 7) is 1.57. The lowest BCUT2D eigenvalue weighted by Crippen LogP contribution is -2.45. The monoisotopic (exact) mass is 341 g/mol. The molecule has 7 heteroatoms. The Bertz CT molecular complexity index is 777. The summed E-state index contributed by atoms with van der Waals surface area (Å²) >= 11 is 0. The molecule has 132 valence electrons. The number of rotatable bonds is 4. The molecule has 0 aliphatic carbocycles. The molecule has 25 heavy (non-hydrogen) atoms. The number of aromatic nitrogens is 2. The molecule has 1 aliphatic rings. The van der Waals surface area contributed by atoms with Crippen LogP contribution in [0, 0.1) is 0 Å². The van der Waals surface area contributed by atoms with Gasteiger partial charge in [-0.15, -0.1) is 0 Å². The maximum atomic E-state index is 12.4. The molecule has 0 unspecified atom stereocenters. The standard InChI is InChI=1S/C18H23N5O2/c1-22(2)15-5-3-13(4-6-15)18(25)20-14-7-9-23(10-8-14)16-11-17(24)21-19-12-16/h3-6,11-12,14H,7-10H2,1-2H3,(H,20,25)(H,21,24). The van der Waals surface area contributed by atoms with E-state index in [1.807, 2.05) is 43.3 Å². The molecule has 1 amide bonds. The van der Waals surface area contributed by atoms with Gasteiger partial charge < -0.3 is 15.1 Å². The molecule has 1 aromatic carbocycles. The highest BCUT2D eigenvalue weighted by Crippen LogP contribution is 2.18. The smallest absolute Gasteiger partial charge is 0.266 e. The molecule has 0 saturated carbocycles. The molecule has 0 radical (unpaired) electrons. The van der Waals surface area contributed by atoms with Crippen molar-refractivity contribution < 1.29 is 4.79 Å². The minimum absolute atomic E-state index is 0.0402. The Kier molecular flexibility index (Phi) is 5.02. The average Bonchev–Trinajstić information content (AvgIpc) is 2.62. The fraction of sp³-hybridized carbons (Fsp3) is 0.389. The first-order chi connectivity index (χ1) is 12.0. The number of hydrogen-bond donors (Lipinski definition) is 2. The fourth-order valence-corrected chi connectivity index (χ4v) is 3.00. The van der Waals surface area contributed by atoms with E-state index in [2.05, 4.69) is 20.4 Å². The van der Waals surface area contributed by atoms with Crippen molar-refractivity contribution in [3.05, 3.63) is 52.4 Å². The zero-order valence-corrected chi connectivity index (χ0v) is 14.5. The topological polar surface area (TPSA) is 81.3 Å². The largest absolute Gasteiger partial charge is 0.378 e. The molecule has 1 aromatic heterocycles. The summed E-state index contributed by atoms with van der Waals surface area (Å²) in [5.74, 6) is -0.0402. The number of benzene rings is 1. The van der Waals surface area contributed by atoms with Gasteiger partial charge in [0.15, 0.2) is 0 Å². The predicted octanol–water partition coefficient (Wildman–Crippen LogP) is 1.23. The summed E-state index contributed by atoms with van der Waals surface area (Å²) in [6.07, 6.45) is 3.34. The molecule has 2 N–H and O–H groups in total. The third kappa shape index (κ3) is 4.17. The van der Waals surface area contributed by atoms with E-state index in [9.17, 15) is 9.59 Å². The number of amides is 1. The van der Waals surface area contributed by atoms with Gasteiger partial charge in [-0.2, -0.15) is 5.10 Å². The van der Waals surface area contributed by atoms with Crippen LogP contribution in [0.5, 0.6) is 0 Å². The fourth-order valence-electron chi connectivity index (χ4n) is 3.00. The molecule has 1 fully saturated rings. The number of carbonyl (C=O) groups is 1. The Labute approximate surface area is 146 Å². The number of anilines is 2. The number of aromatic amines is 1. The van der Waals surface area contributed by atoms with Crippen LogP contribution in [-0.4, -0.2) is 49.3 Å². The number of piperidine rings is 1. The Morgan fingerprint density at radius 1 is 1.24 bits per heavy atom. The van der Waals surface area contributed by atoms with E-state index in [1.165, 1.54) is 0 Å². The third-order valence-corrected chi connectivity index (χ3v) is 4.49. The molecule has 7 nitrogen and oxygen atoms in total. The van der Waals surface area contributed by atoms with E-state index >= 15 is 0 Å². The minimum Gasteiger partial charge on any atom is -0.378 e. The molecular weight excluding hydrogens is 318 g/mol. The van der Waals surface area contributed by atoms with Crippen molar-refractivity contribution in [3.8, 4) is 0 Å². The van der Waals surface area contributed by atoms with Crippen molar-refractivity contribution in [2.75, 3.05) is 37.0 Å². The van der Waals surface area contributed by atoms with Gasteiger partial charge >= 0.3 is 0 Å². The lowest BCUT2D eigenvalue weighted by atomic mass is 10.0. The van der Waals surface area contributed by atoms with E-state index in [0.29, 0.717) is 5.56 Å². The first kappa shape index (κ1) is 17.0. The lowest BCUT2D eigenvalue weighted by Gasteiger charge is -2.33. The SMILES string of the molecule is CN(C)c1ccc(C(=O)NC2CCN(c3cn[nH]c(=O)c3)CC2)cc1. The highest BCUT2D eigenvalue weighted by molar-refractivity contribution is 5.94. The second-order valence-corrected chi connectivity index (χ2v) is 6.48. The van der Waals surface area contributed by atoms with Gasteiger partial charge in [-0.1, -0.05) is 0 Å². The Hall–Kier alpha value is -2.83. The summed E-state index contributed by atoms with van der Waals surface area (Å²) in [5.41, 5.74) is 2.37. The Morgan fingerprint density at radius 3 is 2.52 bits per heavy atom. The van der Waals surface area contributed by atoms with Gasteiger partial charge in [-0.05, 0) is 37.1 Å². The van der Waals surface area contributed by atoms with E-state index < -0.39 is 0 Å². The van der Waals surface area contributed by atoms with Crippen molar-refractivity contribution in [1.29, 1.82) is 0 Å². The van der Waals surface area contributed by atoms with Crippen LogP contribution in [0.4, 0.5) is 11.4 Å². The van der Waals surface area contributed by atoms with Crippen molar-refractivity contribution in [1.82, 2.24) is 15.5 Å². The van der Waals surface area contributed by atoms with Crippen molar-refractivity contribution >= 4 is 17.3 Å². The van der Waals surface area contributed by atoms with Crippen LogP contribution in [0.3, 0.4) is 0 Å². The van der Waals surface area contributed by atoms with Crippen molar-refractivity contribution in [2.45, 2.75) is 18.9 Å². The van der Waals surface area contributed by atoms with E-state index in [4.69, 9.17) is 0 Å².